The third-order valence-corrected chi connectivity index (χ3v) is 5.22. The molecule has 1 amide bonds. The fraction of sp³-hybridized carbons (Fsp3) is 0.188. The molecule has 2 aromatic carbocycles. The average Bonchev–Trinajstić information content (AvgIpc) is 2.53. The lowest BCUT2D eigenvalue weighted by molar-refractivity contribution is -0.114. The van der Waals surface area contributed by atoms with Crippen molar-refractivity contribution in [3.63, 3.8) is 0 Å². The summed E-state index contributed by atoms with van der Waals surface area (Å²) in [7, 11) is -0.636. The highest BCUT2D eigenvalue weighted by molar-refractivity contribution is 7.89. The Kier molecular flexibility index (Phi) is 5.82. The predicted octanol–water partition coefficient (Wildman–Crippen LogP) is 2.64. The second kappa shape index (κ2) is 7.65. The summed E-state index contributed by atoms with van der Waals surface area (Å²) in [4.78, 5) is 12.1. The Morgan fingerprint density at radius 1 is 1.08 bits per heavy atom. The Labute approximate surface area is 146 Å². The predicted molar refractivity (Wildman–Crippen MR) is 95.9 cm³/mol. The standard InChI is InChI=1S/C16H18ClN3O3S/c1-20(2)24(22,23)15-8-4-7-14(10-15)19-16(21)11-18-13-6-3-5-12(17)9-13/h3-10,18H,11H2,1-2H3,(H,19,21). The van der Waals surface area contributed by atoms with Gasteiger partial charge in [-0.05, 0) is 36.4 Å². The zero-order valence-corrected chi connectivity index (χ0v) is 14.9. The van der Waals surface area contributed by atoms with Crippen LogP contribution >= 0.6 is 11.6 Å². The maximum atomic E-state index is 12.1. The van der Waals surface area contributed by atoms with Crippen molar-refractivity contribution in [3.05, 3.63) is 53.6 Å². The molecule has 6 nitrogen and oxygen atoms in total. The Bertz CT molecular complexity index is 838. The minimum Gasteiger partial charge on any atom is -0.376 e. The normalized spacial score (nSPS) is 11.3. The van der Waals surface area contributed by atoms with Crippen LogP contribution in [0.15, 0.2) is 53.4 Å². The summed E-state index contributed by atoms with van der Waals surface area (Å²) in [5, 5.41) is 6.18. The van der Waals surface area contributed by atoms with Crippen LogP contribution < -0.4 is 10.6 Å². The van der Waals surface area contributed by atoms with Crippen molar-refractivity contribution < 1.29 is 13.2 Å². The number of rotatable bonds is 6. The lowest BCUT2D eigenvalue weighted by Gasteiger charge is -2.13. The van der Waals surface area contributed by atoms with Gasteiger partial charge >= 0.3 is 0 Å². The molecule has 24 heavy (non-hydrogen) atoms. The van der Waals surface area contributed by atoms with Gasteiger partial charge in [-0.25, -0.2) is 12.7 Å². The van der Waals surface area contributed by atoms with Crippen LogP contribution in [0.3, 0.4) is 0 Å². The number of amides is 1. The van der Waals surface area contributed by atoms with E-state index in [1.165, 1.54) is 26.2 Å². The summed E-state index contributed by atoms with van der Waals surface area (Å²) in [6.07, 6.45) is 0. The molecule has 0 aromatic heterocycles. The minimum absolute atomic E-state index is 0.0327. The van der Waals surface area contributed by atoms with E-state index in [4.69, 9.17) is 11.6 Å². The van der Waals surface area contributed by atoms with Crippen LogP contribution in [-0.4, -0.2) is 39.3 Å². The number of sulfonamides is 1. The van der Waals surface area contributed by atoms with E-state index >= 15 is 0 Å². The zero-order chi connectivity index (χ0) is 17.7. The molecular weight excluding hydrogens is 350 g/mol. The van der Waals surface area contributed by atoms with Crippen LogP contribution in [0.25, 0.3) is 0 Å². The van der Waals surface area contributed by atoms with Crippen molar-refractivity contribution in [1.82, 2.24) is 4.31 Å². The molecule has 0 aliphatic rings. The highest BCUT2D eigenvalue weighted by Gasteiger charge is 2.17. The molecule has 0 saturated carbocycles. The first-order chi connectivity index (χ1) is 11.3. The fourth-order valence-electron chi connectivity index (χ4n) is 1.93. The first-order valence-electron chi connectivity index (χ1n) is 7.11. The summed E-state index contributed by atoms with van der Waals surface area (Å²) in [6, 6.07) is 13.1. The van der Waals surface area contributed by atoms with Gasteiger partial charge in [-0.15, -0.1) is 0 Å². The summed E-state index contributed by atoms with van der Waals surface area (Å²) in [5.74, 6) is -0.297. The number of carbonyl (C=O) groups excluding carboxylic acids is 1. The quantitative estimate of drug-likeness (QED) is 0.822. The molecule has 0 fully saturated rings. The summed E-state index contributed by atoms with van der Waals surface area (Å²) in [5.41, 5.74) is 1.14. The SMILES string of the molecule is CN(C)S(=O)(=O)c1cccc(NC(=O)CNc2cccc(Cl)c2)c1. The molecule has 0 aliphatic carbocycles. The minimum atomic E-state index is -3.54. The first kappa shape index (κ1) is 18.3. The molecule has 2 N–H and O–H groups in total. The maximum Gasteiger partial charge on any atom is 0.243 e. The smallest absolute Gasteiger partial charge is 0.243 e. The van der Waals surface area contributed by atoms with E-state index in [9.17, 15) is 13.2 Å². The van der Waals surface area contributed by atoms with E-state index in [-0.39, 0.29) is 17.3 Å². The lowest BCUT2D eigenvalue weighted by atomic mass is 10.3. The summed E-state index contributed by atoms with van der Waals surface area (Å²) >= 11 is 5.87. The first-order valence-corrected chi connectivity index (χ1v) is 8.93. The molecule has 0 saturated heterocycles. The van der Waals surface area contributed by atoms with E-state index in [0.29, 0.717) is 10.7 Å². The van der Waals surface area contributed by atoms with Crippen LogP contribution in [0, 0.1) is 0 Å². The van der Waals surface area contributed by atoms with Gasteiger partial charge in [0.25, 0.3) is 0 Å². The van der Waals surface area contributed by atoms with Crippen LogP contribution in [0.2, 0.25) is 5.02 Å². The molecule has 0 aliphatic heterocycles. The summed E-state index contributed by atoms with van der Waals surface area (Å²) < 4.78 is 25.3. The molecule has 2 aromatic rings. The van der Waals surface area contributed by atoms with Gasteiger partial charge < -0.3 is 10.6 Å². The van der Waals surface area contributed by atoms with E-state index in [1.807, 2.05) is 0 Å². The van der Waals surface area contributed by atoms with Crippen molar-refractivity contribution >= 4 is 38.9 Å². The molecule has 0 atom stereocenters. The van der Waals surface area contributed by atoms with Crippen LogP contribution in [0.1, 0.15) is 0 Å². The number of benzene rings is 2. The van der Waals surface area contributed by atoms with Crippen LogP contribution in [0.5, 0.6) is 0 Å². The molecule has 0 bridgehead atoms. The molecular formula is C16H18ClN3O3S. The molecule has 0 heterocycles. The Balaban J connectivity index is 2.02. The molecule has 8 heteroatoms. The van der Waals surface area contributed by atoms with Gasteiger partial charge in [0.05, 0.1) is 11.4 Å². The van der Waals surface area contributed by atoms with Crippen molar-refractivity contribution in [3.8, 4) is 0 Å². The average molecular weight is 368 g/mol. The van der Waals surface area contributed by atoms with Gasteiger partial charge in [0, 0.05) is 30.5 Å². The number of hydrogen-bond acceptors (Lipinski definition) is 4. The zero-order valence-electron chi connectivity index (χ0n) is 13.3. The highest BCUT2D eigenvalue weighted by atomic mass is 35.5. The maximum absolute atomic E-state index is 12.1. The topological polar surface area (TPSA) is 78.5 Å². The van der Waals surface area contributed by atoms with Gasteiger partial charge in [-0.2, -0.15) is 0 Å². The Hall–Kier alpha value is -2.09. The fourth-order valence-corrected chi connectivity index (χ4v) is 3.07. The number of carbonyl (C=O) groups is 1. The molecule has 128 valence electrons. The largest absolute Gasteiger partial charge is 0.376 e. The van der Waals surface area contributed by atoms with E-state index in [2.05, 4.69) is 10.6 Å². The second-order valence-corrected chi connectivity index (χ2v) is 7.82. The van der Waals surface area contributed by atoms with E-state index in [1.54, 1.807) is 36.4 Å². The Morgan fingerprint density at radius 2 is 1.75 bits per heavy atom. The number of hydrogen-bond donors (Lipinski definition) is 2. The van der Waals surface area contributed by atoms with Gasteiger partial charge in [0.2, 0.25) is 15.9 Å². The van der Waals surface area contributed by atoms with Crippen LogP contribution in [0.4, 0.5) is 11.4 Å². The summed E-state index contributed by atoms with van der Waals surface area (Å²) in [6.45, 7) is 0.0327. The van der Waals surface area contributed by atoms with Gasteiger partial charge in [-0.1, -0.05) is 23.7 Å². The monoisotopic (exact) mass is 367 g/mol. The lowest BCUT2D eigenvalue weighted by Crippen LogP contribution is -2.23. The van der Waals surface area contributed by atoms with Crippen molar-refractivity contribution in [1.29, 1.82) is 0 Å². The van der Waals surface area contributed by atoms with Gasteiger partial charge in [0.15, 0.2) is 0 Å². The van der Waals surface area contributed by atoms with Crippen molar-refractivity contribution in [2.45, 2.75) is 4.90 Å². The third-order valence-electron chi connectivity index (χ3n) is 3.17. The van der Waals surface area contributed by atoms with E-state index < -0.39 is 10.0 Å². The van der Waals surface area contributed by atoms with Crippen molar-refractivity contribution in [2.75, 3.05) is 31.3 Å². The van der Waals surface area contributed by atoms with Gasteiger partial charge in [0.1, 0.15) is 0 Å². The van der Waals surface area contributed by atoms with Crippen molar-refractivity contribution in [2.24, 2.45) is 0 Å². The number of halogens is 1. The molecule has 0 radical (unpaired) electrons. The molecule has 0 spiro atoms. The highest BCUT2D eigenvalue weighted by Crippen LogP contribution is 2.18. The number of nitrogens with zero attached hydrogens (tertiary/aromatic N) is 1. The van der Waals surface area contributed by atoms with Crippen LogP contribution in [-0.2, 0) is 14.8 Å². The molecule has 0 unspecified atom stereocenters. The Morgan fingerprint density at radius 3 is 2.42 bits per heavy atom. The third kappa shape index (κ3) is 4.70. The van der Waals surface area contributed by atoms with E-state index in [0.717, 1.165) is 9.99 Å². The number of anilines is 2. The van der Waals surface area contributed by atoms with Gasteiger partial charge in [-0.3, -0.25) is 4.79 Å². The number of nitrogens with one attached hydrogen (secondary N) is 2. The molecule has 2 rings (SSSR count). The second-order valence-electron chi connectivity index (χ2n) is 5.23.